The van der Waals surface area contributed by atoms with E-state index in [0.717, 1.165) is 34.6 Å². The number of nitrogens with zero attached hydrogens (tertiary/aromatic N) is 5. The Labute approximate surface area is 184 Å². The van der Waals surface area contributed by atoms with Gasteiger partial charge < -0.3 is 9.47 Å². The average Bonchev–Trinajstić information content (AvgIpc) is 3.75. The minimum atomic E-state index is -0.214. The second kappa shape index (κ2) is 7.25. The van der Waals surface area contributed by atoms with Gasteiger partial charge in [-0.1, -0.05) is 12.1 Å². The fourth-order valence-electron chi connectivity index (χ4n) is 4.40. The van der Waals surface area contributed by atoms with Gasteiger partial charge in [0.25, 0.3) is 0 Å². The van der Waals surface area contributed by atoms with E-state index in [4.69, 9.17) is 19.6 Å². The lowest BCUT2D eigenvalue weighted by Gasteiger charge is -2.10. The third-order valence-corrected chi connectivity index (χ3v) is 6.34. The maximum Gasteiger partial charge on any atom is 0.319 e. The molecular weight excluding hydrogens is 409 g/mol. The van der Waals surface area contributed by atoms with Gasteiger partial charge in [0, 0.05) is 17.7 Å². The summed E-state index contributed by atoms with van der Waals surface area (Å²) in [5.74, 6) is 1.35. The maximum absolute atomic E-state index is 13.4. The molecule has 0 amide bonds. The summed E-state index contributed by atoms with van der Waals surface area (Å²) in [5.41, 5.74) is 5.67. The van der Waals surface area contributed by atoms with Gasteiger partial charge in [-0.15, -0.1) is 0 Å². The molecule has 4 aromatic rings. The van der Waals surface area contributed by atoms with Crippen molar-refractivity contribution in [2.24, 2.45) is 0 Å². The summed E-state index contributed by atoms with van der Waals surface area (Å²) >= 11 is 0. The summed E-state index contributed by atoms with van der Waals surface area (Å²) in [5, 5.41) is 4.82. The predicted octanol–water partition coefficient (Wildman–Crippen LogP) is 4.49. The molecule has 2 atom stereocenters. The number of fused-ring (bicyclic) bond motifs is 1. The van der Waals surface area contributed by atoms with Crippen molar-refractivity contribution >= 4 is 5.65 Å². The van der Waals surface area contributed by atoms with Crippen LogP contribution in [0.5, 0.6) is 11.9 Å². The van der Waals surface area contributed by atoms with Gasteiger partial charge in [-0.25, -0.2) is 18.9 Å². The first-order valence-electron chi connectivity index (χ1n) is 10.8. The first-order chi connectivity index (χ1) is 15.6. The smallest absolute Gasteiger partial charge is 0.319 e. The Hall–Kier alpha value is -3.55. The van der Waals surface area contributed by atoms with Crippen LogP contribution in [0.2, 0.25) is 0 Å². The zero-order chi connectivity index (χ0) is 21.8. The zero-order valence-corrected chi connectivity index (χ0v) is 17.8. The summed E-state index contributed by atoms with van der Waals surface area (Å²) in [6.07, 6.45) is 7.05. The monoisotopic (exact) mass is 431 g/mol. The van der Waals surface area contributed by atoms with E-state index < -0.39 is 0 Å². The molecule has 0 N–H and O–H groups in total. The predicted molar refractivity (Wildman–Crippen MR) is 116 cm³/mol. The minimum absolute atomic E-state index is 0.214. The van der Waals surface area contributed by atoms with Crippen LogP contribution in [0.25, 0.3) is 16.9 Å². The van der Waals surface area contributed by atoms with Crippen LogP contribution >= 0.6 is 0 Å². The molecule has 2 aliphatic rings. The fraction of sp³-hybridized carbons (Fsp3) is 0.333. The Kier molecular flexibility index (Phi) is 4.34. The highest BCUT2D eigenvalue weighted by atomic mass is 19.1. The molecule has 0 unspecified atom stereocenters. The molecule has 2 saturated carbocycles. The lowest BCUT2D eigenvalue weighted by molar-refractivity contribution is 0.353. The molecule has 0 bridgehead atoms. The molecule has 7 nitrogen and oxygen atoms in total. The number of hydrogen-bond acceptors (Lipinski definition) is 6. The molecule has 32 heavy (non-hydrogen) atoms. The van der Waals surface area contributed by atoms with Gasteiger partial charge in [-0.2, -0.15) is 10.1 Å². The van der Waals surface area contributed by atoms with Gasteiger partial charge in [0.05, 0.1) is 37.4 Å². The molecule has 0 radical (unpaired) electrons. The van der Waals surface area contributed by atoms with Crippen LogP contribution in [-0.2, 0) is 0 Å². The molecule has 8 heteroatoms. The summed E-state index contributed by atoms with van der Waals surface area (Å²) in [7, 11) is 3.09. The van der Waals surface area contributed by atoms with Gasteiger partial charge in [-0.3, -0.25) is 0 Å². The molecule has 2 aliphatic carbocycles. The van der Waals surface area contributed by atoms with Crippen LogP contribution in [0, 0.1) is 5.82 Å². The zero-order valence-electron chi connectivity index (χ0n) is 17.8. The molecule has 1 aromatic carbocycles. The third-order valence-electron chi connectivity index (χ3n) is 6.34. The Morgan fingerprint density at radius 2 is 1.84 bits per heavy atom. The first kappa shape index (κ1) is 19.2. The number of hydrogen-bond donors (Lipinski definition) is 0. The Balaban J connectivity index is 1.46. The fourth-order valence-corrected chi connectivity index (χ4v) is 4.40. The van der Waals surface area contributed by atoms with E-state index in [0.29, 0.717) is 29.2 Å². The van der Waals surface area contributed by atoms with E-state index in [-0.39, 0.29) is 11.8 Å². The second-order valence-electron chi connectivity index (χ2n) is 8.47. The van der Waals surface area contributed by atoms with Crippen molar-refractivity contribution in [3.05, 3.63) is 65.4 Å². The van der Waals surface area contributed by atoms with Crippen LogP contribution in [0.15, 0.2) is 42.7 Å². The Morgan fingerprint density at radius 3 is 2.56 bits per heavy atom. The molecule has 0 saturated heterocycles. The minimum Gasteiger partial charge on any atom is -0.480 e. The molecule has 0 aliphatic heterocycles. The van der Waals surface area contributed by atoms with Crippen LogP contribution in [0.3, 0.4) is 0 Å². The molecule has 2 fully saturated rings. The maximum atomic E-state index is 13.4. The third kappa shape index (κ3) is 3.26. The molecule has 0 spiro atoms. The van der Waals surface area contributed by atoms with Crippen molar-refractivity contribution in [3.8, 4) is 23.1 Å². The number of methoxy groups -OCH3 is 2. The lowest BCUT2D eigenvalue weighted by Crippen LogP contribution is -2.02. The van der Waals surface area contributed by atoms with Crippen molar-refractivity contribution in [2.75, 3.05) is 14.2 Å². The molecule has 3 aromatic heterocycles. The number of halogens is 1. The molecule has 3 heterocycles. The number of imidazole rings is 1. The van der Waals surface area contributed by atoms with E-state index in [1.807, 2.05) is 22.8 Å². The highest BCUT2D eigenvalue weighted by molar-refractivity contribution is 5.68. The standard InChI is InChI=1S/C24H22FN5O2/c1-31-23-19(11-26-24(28-23)32-2)20-10-18(17-9-16(17)13-5-7-15(25)8-6-13)22-27-21(14-3-4-14)12-30(22)29-20/h5-8,10-12,14,16-17H,3-4,9H2,1-2H3/t16-,17+/m1/s1. The van der Waals surface area contributed by atoms with Crippen LogP contribution in [-0.4, -0.2) is 38.8 Å². The topological polar surface area (TPSA) is 74.4 Å². The van der Waals surface area contributed by atoms with Crippen LogP contribution in [0.1, 0.15) is 53.8 Å². The molecule has 162 valence electrons. The average molecular weight is 431 g/mol. The van der Waals surface area contributed by atoms with Crippen molar-refractivity contribution < 1.29 is 13.9 Å². The van der Waals surface area contributed by atoms with Crippen molar-refractivity contribution in [2.45, 2.75) is 37.0 Å². The number of ether oxygens (including phenoxy) is 2. The second-order valence-corrected chi connectivity index (χ2v) is 8.47. The molecule has 6 rings (SSSR count). The van der Waals surface area contributed by atoms with E-state index in [9.17, 15) is 4.39 Å². The van der Waals surface area contributed by atoms with Crippen molar-refractivity contribution in [1.82, 2.24) is 24.6 Å². The largest absolute Gasteiger partial charge is 0.480 e. The number of benzene rings is 1. The highest BCUT2D eigenvalue weighted by Gasteiger charge is 2.42. The highest BCUT2D eigenvalue weighted by Crippen LogP contribution is 2.56. The van der Waals surface area contributed by atoms with Gasteiger partial charge in [0.1, 0.15) is 5.82 Å². The Bertz CT molecular complexity index is 1320. The number of aromatic nitrogens is 5. The lowest BCUT2D eigenvalue weighted by atomic mass is 10.0. The van der Waals surface area contributed by atoms with Crippen molar-refractivity contribution in [1.29, 1.82) is 0 Å². The summed E-state index contributed by atoms with van der Waals surface area (Å²) in [6.45, 7) is 0. The SMILES string of the molecule is COc1ncc(-c2cc([C@H]3C[C@@H]3c3ccc(F)cc3)c3nc(C4CC4)cn3n2)c(OC)n1. The first-order valence-corrected chi connectivity index (χ1v) is 10.8. The van der Waals surface area contributed by atoms with Gasteiger partial charge in [-0.05, 0) is 54.9 Å². The normalized spacial score (nSPS) is 19.8. The van der Waals surface area contributed by atoms with E-state index >= 15 is 0 Å². The van der Waals surface area contributed by atoms with Gasteiger partial charge in [0.15, 0.2) is 5.65 Å². The van der Waals surface area contributed by atoms with Gasteiger partial charge in [0.2, 0.25) is 5.88 Å². The summed E-state index contributed by atoms with van der Waals surface area (Å²) in [4.78, 5) is 13.5. The van der Waals surface area contributed by atoms with Crippen LogP contribution < -0.4 is 9.47 Å². The van der Waals surface area contributed by atoms with Crippen LogP contribution in [0.4, 0.5) is 4.39 Å². The molecular formula is C24H22FN5O2. The van der Waals surface area contributed by atoms with Crippen molar-refractivity contribution in [3.63, 3.8) is 0 Å². The summed E-state index contributed by atoms with van der Waals surface area (Å²) < 4.78 is 25.9. The van der Waals surface area contributed by atoms with E-state index in [1.165, 1.54) is 32.1 Å². The van der Waals surface area contributed by atoms with Gasteiger partial charge >= 0.3 is 6.01 Å². The van der Waals surface area contributed by atoms with E-state index in [2.05, 4.69) is 16.0 Å². The number of rotatable bonds is 6. The quantitative estimate of drug-likeness (QED) is 0.448. The summed E-state index contributed by atoms with van der Waals surface area (Å²) in [6, 6.07) is 9.11. The van der Waals surface area contributed by atoms with E-state index in [1.54, 1.807) is 13.3 Å². The Morgan fingerprint density at radius 1 is 1.03 bits per heavy atom.